The lowest BCUT2D eigenvalue weighted by Crippen LogP contribution is -2.60. The quantitative estimate of drug-likeness (QED) is 0.0140. The van der Waals surface area contributed by atoms with Gasteiger partial charge in [-0.3, -0.25) is 72.3 Å². The predicted molar refractivity (Wildman–Crippen MR) is 403 cm³/mol. The normalized spacial score (nSPS) is 22.7. The summed E-state index contributed by atoms with van der Waals surface area (Å²) in [6.07, 6.45) is 8.21. The fourth-order valence-corrected chi connectivity index (χ4v) is 14.3. The van der Waals surface area contributed by atoms with Crippen molar-refractivity contribution in [1.82, 2.24) is 77.4 Å². The maximum atomic E-state index is 15.2. The first kappa shape index (κ1) is 86.5. The Morgan fingerprint density at radius 1 is 0.627 bits per heavy atom. The van der Waals surface area contributed by atoms with Crippen LogP contribution >= 0.6 is 0 Å². The molecule has 1 aromatic carbocycles. The number of aromatic amines is 1. The summed E-state index contributed by atoms with van der Waals surface area (Å²) in [6.45, 7) is 7.04. The molecule has 4 saturated heterocycles. The van der Waals surface area contributed by atoms with Gasteiger partial charge in [-0.1, -0.05) is 70.2 Å². The molecule has 21 N–H and O–H groups in total. The van der Waals surface area contributed by atoms with Gasteiger partial charge in [-0.2, -0.15) is 0 Å². The van der Waals surface area contributed by atoms with E-state index in [-0.39, 0.29) is 166 Å². The number of carbonyl (C=O) groups excluding carboxylic acids is 13. The van der Waals surface area contributed by atoms with Crippen molar-refractivity contribution in [3.63, 3.8) is 0 Å². The molecule has 12 atom stereocenters. The van der Waals surface area contributed by atoms with Crippen molar-refractivity contribution in [2.75, 3.05) is 52.4 Å². The number of aliphatic carboxylic acids is 1. The van der Waals surface area contributed by atoms with Gasteiger partial charge in [-0.25, -0.2) is 9.78 Å². The number of carboxylic acid groups (broad SMARTS) is 1. The van der Waals surface area contributed by atoms with Gasteiger partial charge in [0, 0.05) is 70.4 Å². The number of nitrogens with one attached hydrogen (secondary N) is 10. The fraction of sp³-hybridized carbons (Fsp3) is 0.630. The average molecular weight is 1540 g/mol. The predicted octanol–water partition coefficient (Wildman–Crippen LogP) is -3.47. The lowest BCUT2D eigenvalue weighted by molar-refractivity contribution is -0.149. The van der Waals surface area contributed by atoms with Gasteiger partial charge in [-0.05, 0) is 133 Å². The number of imidazole rings is 1. The Hall–Kier alpha value is -10.8. The summed E-state index contributed by atoms with van der Waals surface area (Å²) in [5, 5.41) is 34.6. The third-order valence-corrected chi connectivity index (χ3v) is 19.9. The van der Waals surface area contributed by atoms with Crippen LogP contribution in [-0.2, 0) is 80.0 Å². The van der Waals surface area contributed by atoms with E-state index in [0.29, 0.717) is 43.4 Å². The monoisotopic (exact) mass is 1540 g/mol. The van der Waals surface area contributed by atoms with Gasteiger partial charge in [0.05, 0.1) is 12.9 Å². The van der Waals surface area contributed by atoms with Crippen LogP contribution in [-0.4, -0.2) is 254 Å². The number of benzene rings is 1. The summed E-state index contributed by atoms with van der Waals surface area (Å²) >= 11 is 0. The summed E-state index contributed by atoms with van der Waals surface area (Å²) in [7, 11) is 0. The van der Waals surface area contributed by atoms with E-state index in [4.69, 9.17) is 28.7 Å². The van der Waals surface area contributed by atoms with Crippen molar-refractivity contribution in [3.05, 3.63) is 66.3 Å². The Morgan fingerprint density at radius 3 is 1.89 bits per heavy atom. The number of likely N-dealkylation sites (tertiary alicyclic amines) is 2. The molecule has 37 heteroatoms. The van der Waals surface area contributed by atoms with Crippen molar-refractivity contribution in [2.45, 2.75) is 229 Å². The number of nitrogens with two attached hydrogens (primary N) is 5. The van der Waals surface area contributed by atoms with Gasteiger partial charge in [0.2, 0.25) is 76.8 Å². The third kappa shape index (κ3) is 26.0. The van der Waals surface area contributed by atoms with E-state index in [2.05, 4.69) is 67.8 Å². The number of aromatic nitrogens is 2. The van der Waals surface area contributed by atoms with E-state index >= 15 is 9.59 Å². The molecule has 604 valence electrons. The molecule has 4 fully saturated rings. The molecule has 2 aromatic rings. The van der Waals surface area contributed by atoms with Crippen LogP contribution in [0.1, 0.15) is 155 Å². The second kappa shape index (κ2) is 42.9. The number of carbonyl (C=O) groups is 14. The number of carboxylic acids is 1. The Kier molecular flexibility index (Phi) is 33.7. The van der Waals surface area contributed by atoms with Crippen LogP contribution < -0.4 is 76.5 Å². The molecular weight excluding hydrogens is 1420 g/mol. The lowest BCUT2D eigenvalue weighted by Gasteiger charge is -2.36. The Balaban J connectivity index is 1.12. The molecule has 110 heavy (non-hydrogen) atoms. The molecule has 7 rings (SSSR count). The van der Waals surface area contributed by atoms with E-state index in [1.807, 2.05) is 13.8 Å². The van der Waals surface area contributed by atoms with Gasteiger partial charge in [0.15, 0.2) is 11.9 Å². The van der Waals surface area contributed by atoms with Crippen molar-refractivity contribution < 1.29 is 72.2 Å². The summed E-state index contributed by atoms with van der Waals surface area (Å²) in [6, 6.07) is -6.32. The molecule has 6 heterocycles. The number of nitrogens with zero attached hydrogens (tertiary/aromatic N) is 7. The number of rotatable bonds is 34. The molecular formula is C73H112N22O15. The molecule has 0 bridgehead atoms. The van der Waals surface area contributed by atoms with Crippen molar-refractivity contribution in [2.24, 2.45) is 50.5 Å². The molecule has 0 aliphatic carbocycles. The molecule has 0 spiro atoms. The molecule has 0 unspecified atom stereocenters. The highest BCUT2D eigenvalue weighted by Gasteiger charge is 2.45. The van der Waals surface area contributed by atoms with Crippen LogP contribution in [0.3, 0.4) is 0 Å². The Morgan fingerprint density at radius 2 is 1.26 bits per heavy atom. The summed E-state index contributed by atoms with van der Waals surface area (Å²) in [4.78, 5) is 221. The highest BCUT2D eigenvalue weighted by Crippen LogP contribution is 2.27. The Labute approximate surface area is 639 Å². The third-order valence-electron chi connectivity index (χ3n) is 19.9. The van der Waals surface area contributed by atoms with E-state index in [1.54, 1.807) is 44.2 Å². The number of unbranched alkanes of at least 4 members (excludes halogenated alkanes) is 1. The second-order valence-corrected chi connectivity index (χ2v) is 29.4. The van der Waals surface area contributed by atoms with Gasteiger partial charge in [0.25, 0.3) is 0 Å². The molecule has 0 saturated carbocycles. The van der Waals surface area contributed by atoms with Crippen molar-refractivity contribution in [1.29, 1.82) is 0 Å². The average Bonchev–Trinajstić information content (AvgIpc) is 1.60. The van der Waals surface area contributed by atoms with Crippen LogP contribution in [0.15, 0.2) is 65.0 Å². The first-order valence-electron chi connectivity index (χ1n) is 38.1. The highest BCUT2D eigenvalue weighted by atomic mass is 16.4. The minimum Gasteiger partial charge on any atom is -0.480 e. The number of fused-ring (bicyclic) bond motifs is 1. The highest BCUT2D eigenvalue weighted by molar-refractivity contribution is 6.00. The van der Waals surface area contributed by atoms with E-state index in [1.165, 1.54) is 44.3 Å². The van der Waals surface area contributed by atoms with Crippen molar-refractivity contribution >= 4 is 94.7 Å². The summed E-state index contributed by atoms with van der Waals surface area (Å²) < 4.78 is 0. The molecule has 13 amide bonds. The van der Waals surface area contributed by atoms with E-state index in [9.17, 15) is 62.6 Å². The minimum atomic E-state index is -1.58. The Bertz CT molecular complexity index is 3620. The fourth-order valence-electron chi connectivity index (χ4n) is 14.3. The van der Waals surface area contributed by atoms with Crippen LogP contribution in [0.2, 0.25) is 0 Å². The van der Waals surface area contributed by atoms with Crippen LogP contribution in [0.5, 0.6) is 0 Å². The summed E-state index contributed by atoms with van der Waals surface area (Å²) in [5.74, 6) is -11.2. The number of aliphatic imine (C=N–C) groups is 2. The number of hydrogen-bond acceptors (Lipinski definition) is 18. The first-order chi connectivity index (χ1) is 52.5. The largest absolute Gasteiger partial charge is 0.480 e. The molecule has 1 aromatic heterocycles. The number of hydrogen-bond donors (Lipinski definition) is 16. The smallest absolute Gasteiger partial charge is 0.326 e. The first-order valence-corrected chi connectivity index (χ1v) is 38.1. The maximum Gasteiger partial charge on any atom is 0.326 e. The molecule has 5 aliphatic rings. The summed E-state index contributed by atoms with van der Waals surface area (Å²) in [5.41, 5.74) is 29.5. The van der Waals surface area contributed by atoms with Gasteiger partial charge >= 0.3 is 5.97 Å². The lowest BCUT2D eigenvalue weighted by atomic mass is 10.0. The maximum absolute atomic E-state index is 15.2. The zero-order valence-electron chi connectivity index (χ0n) is 63.3. The standard InChI is InChI=1S/C73H112N22O15/c1-42(2)35-50-63(101)86-47(20-9-11-31-95(68(106)49-26-27-58(96)84-49)57(22-13-30-81-73(77)78)70(108)94-34-16-25-56(94)66(104)87-48(62(100)88-50)21-12-29-80-72(75)76)61(99)89-51(38-45-39-79-41-83-45)64(102)85-46(19-8-10-28-74)60(98)82-40-59(97)92-32-14-23-54(92)65(103)90-52(36-43(3)4)69(107)93-33-15-24-55(93)67(105)91-53(71(109)110)37-44-17-6-5-7-18-44/h5-7,9,11,17-18,39,41-43,46-57H,8,10,12-16,19-38,40,74H2,1-4H3,(H,79,83)(H,82,98)(H,84,96)(H,85,102)(H,86,101)(H,87,104)(H,88,100)(H,89,99)(H,90,103)(H,91,105)(H,109,110)(H4,75,76,80)(H4,77,78,81)/b11-9-/t46-,47-,48-,49-,50-,51-,52-,53-,54-,55-,56-,57-/m0/s1. The van der Waals surface area contributed by atoms with E-state index in [0.717, 1.165) is 0 Å². The molecule has 0 radical (unpaired) electrons. The van der Waals surface area contributed by atoms with Gasteiger partial charge < -0.3 is 106 Å². The van der Waals surface area contributed by atoms with E-state index < -0.39 is 162 Å². The number of amides is 13. The van der Waals surface area contributed by atoms with Gasteiger partial charge in [-0.15, -0.1) is 0 Å². The zero-order chi connectivity index (χ0) is 80.1. The number of H-pyrrole nitrogens is 1. The number of guanidine groups is 2. The van der Waals surface area contributed by atoms with Gasteiger partial charge in [0.1, 0.15) is 72.5 Å². The zero-order valence-corrected chi connectivity index (χ0v) is 63.3. The van der Waals surface area contributed by atoms with Crippen LogP contribution in [0.25, 0.3) is 0 Å². The molecule has 37 nitrogen and oxygen atoms in total. The molecule has 5 aliphatic heterocycles. The minimum absolute atomic E-state index is 0.00796. The second-order valence-electron chi connectivity index (χ2n) is 29.4. The van der Waals surface area contributed by atoms with Crippen LogP contribution in [0, 0.1) is 11.8 Å². The SMILES string of the molecule is CC(C)C[C@@H]1NC(=O)[C@H](CCCN=C(N)N)NC(=O)[C@@H]2CCCN2C(=O)[C@H](CCCN=C(N)N)N(C(=O)[C@@H]2CCC(=O)N2)C/C=C\C[C@@H](C(=O)N[C@@H](Cc2cnc[nH]2)C(=O)N[C@@H](CCCCN)C(=O)NCC(=O)N2CCC[C@H]2C(=O)N[C@@H](CC(C)C)C(=O)N2CCC[C@H]2C(=O)N[C@@H](Cc2ccccc2)C(=O)O)NC1=O. The van der Waals surface area contributed by atoms with Crippen molar-refractivity contribution in [3.8, 4) is 0 Å². The van der Waals surface area contributed by atoms with Crippen LogP contribution in [0.4, 0.5) is 0 Å². The topological polar surface area (TPSA) is 564 Å².